The molecule has 0 spiro atoms. The fourth-order valence-corrected chi connectivity index (χ4v) is 0.685. The van der Waals surface area contributed by atoms with E-state index in [4.69, 9.17) is 21.5 Å². The van der Waals surface area contributed by atoms with Gasteiger partial charge in [0, 0.05) is 0 Å². The maximum Gasteiger partial charge on any atom is 0.408 e. The molecule has 0 unspecified atom stereocenters. The number of halogens is 1. The van der Waals surface area contributed by atoms with E-state index >= 15 is 0 Å². The van der Waals surface area contributed by atoms with Gasteiger partial charge in [0.1, 0.15) is 5.60 Å². The van der Waals surface area contributed by atoms with Crippen LogP contribution in [0, 0.1) is 0 Å². The second-order valence-corrected chi connectivity index (χ2v) is 4.18. The van der Waals surface area contributed by atoms with Crippen LogP contribution in [0.5, 0.6) is 0 Å². The maximum absolute atomic E-state index is 11.2. The van der Waals surface area contributed by atoms with Gasteiger partial charge in [-0.15, -0.1) is 0 Å². The van der Waals surface area contributed by atoms with Gasteiger partial charge in [0.2, 0.25) is 0 Å². The number of alkyl carbamates (subject to hydrolysis) is 1. The van der Waals surface area contributed by atoms with Gasteiger partial charge < -0.3 is 15.3 Å². The van der Waals surface area contributed by atoms with Crippen LogP contribution < -0.4 is 5.32 Å². The lowest BCUT2D eigenvalue weighted by Crippen LogP contribution is -2.40. The topological polar surface area (TPSA) is 70.9 Å². The third-order valence-electron chi connectivity index (χ3n) is 1.19. The first-order valence-electron chi connectivity index (χ1n) is 4.13. The Morgan fingerprint density at radius 2 is 2.07 bits per heavy atom. The second kappa shape index (κ2) is 5.05. The Kier molecular flexibility index (Phi) is 4.70. The number of hydrogen-bond acceptors (Lipinski definition) is 4. The quantitative estimate of drug-likeness (QED) is 0.426. The molecule has 1 atom stereocenters. The summed E-state index contributed by atoms with van der Waals surface area (Å²) in [6.07, 6.45) is -0.605. The van der Waals surface area contributed by atoms with E-state index in [1.165, 1.54) is 0 Å². The second-order valence-electron chi connectivity index (χ2n) is 3.79. The highest BCUT2D eigenvalue weighted by molar-refractivity contribution is 6.66. The molecule has 0 aliphatic heterocycles. The Hall–Kier alpha value is -0.970. The van der Waals surface area contributed by atoms with Gasteiger partial charge in [0.15, 0.2) is 5.17 Å². The predicted molar refractivity (Wildman–Crippen MR) is 53.9 cm³/mol. The average molecular weight is 223 g/mol. The normalized spacial score (nSPS) is 14.8. The van der Waals surface area contributed by atoms with Crippen molar-refractivity contribution in [2.24, 2.45) is 5.16 Å². The molecule has 0 bridgehead atoms. The first-order chi connectivity index (χ1) is 6.26. The van der Waals surface area contributed by atoms with Gasteiger partial charge in [-0.3, -0.25) is 0 Å². The van der Waals surface area contributed by atoms with Crippen molar-refractivity contribution in [1.29, 1.82) is 0 Å². The summed E-state index contributed by atoms with van der Waals surface area (Å²) in [5, 5.41) is 13.4. The first-order valence-corrected chi connectivity index (χ1v) is 4.51. The molecule has 0 fully saturated rings. The number of oxime groups is 1. The van der Waals surface area contributed by atoms with Crippen molar-refractivity contribution in [2.45, 2.75) is 39.3 Å². The zero-order valence-electron chi connectivity index (χ0n) is 8.67. The molecule has 0 radical (unpaired) electrons. The summed E-state index contributed by atoms with van der Waals surface area (Å²) in [5.41, 5.74) is -0.563. The third kappa shape index (κ3) is 5.64. The van der Waals surface area contributed by atoms with E-state index in [2.05, 4.69) is 10.5 Å². The number of carbonyl (C=O) groups is 1. The molecule has 1 amide bonds. The Morgan fingerprint density at radius 1 is 1.57 bits per heavy atom. The molecule has 5 nitrogen and oxygen atoms in total. The van der Waals surface area contributed by atoms with Crippen molar-refractivity contribution in [3.05, 3.63) is 0 Å². The van der Waals surface area contributed by atoms with Crippen molar-refractivity contribution in [3.8, 4) is 0 Å². The van der Waals surface area contributed by atoms with Crippen LogP contribution in [-0.4, -0.2) is 28.1 Å². The van der Waals surface area contributed by atoms with Crippen LogP contribution in [0.1, 0.15) is 27.7 Å². The molecule has 2 N–H and O–H groups in total. The summed E-state index contributed by atoms with van der Waals surface area (Å²) in [5.74, 6) is 0. The van der Waals surface area contributed by atoms with E-state index < -0.39 is 17.7 Å². The Bertz CT molecular complexity index is 235. The highest BCUT2D eigenvalue weighted by Gasteiger charge is 2.19. The van der Waals surface area contributed by atoms with Gasteiger partial charge in [0.05, 0.1) is 6.04 Å². The number of nitrogens with one attached hydrogen (secondary N) is 1. The summed E-state index contributed by atoms with van der Waals surface area (Å²) in [6.45, 7) is 6.82. The molecular weight excluding hydrogens is 208 g/mol. The van der Waals surface area contributed by atoms with E-state index in [-0.39, 0.29) is 5.17 Å². The summed E-state index contributed by atoms with van der Waals surface area (Å²) in [4.78, 5) is 11.2. The summed E-state index contributed by atoms with van der Waals surface area (Å²) in [6, 6.07) is -0.573. The smallest absolute Gasteiger partial charge is 0.408 e. The highest BCUT2D eigenvalue weighted by Crippen LogP contribution is 2.07. The Labute approximate surface area is 88.1 Å². The number of rotatable bonds is 2. The zero-order valence-corrected chi connectivity index (χ0v) is 9.42. The van der Waals surface area contributed by atoms with E-state index in [1.54, 1.807) is 27.7 Å². The lowest BCUT2D eigenvalue weighted by Gasteiger charge is -2.21. The fraction of sp³-hybridized carbons (Fsp3) is 0.750. The van der Waals surface area contributed by atoms with Crippen LogP contribution >= 0.6 is 11.6 Å². The van der Waals surface area contributed by atoms with E-state index in [0.717, 1.165) is 0 Å². The molecule has 0 saturated heterocycles. The molecular formula is C8H15ClN2O3. The molecule has 0 aromatic heterocycles. The zero-order chi connectivity index (χ0) is 11.4. The number of ether oxygens (including phenoxy) is 1. The fourth-order valence-electron chi connectivity index (χ4n) is 0.630. The monoisotopic (exact) mass is 222 g/mol. The van der Waals surface area contributed by atoms with Gasteiger partial charge in [-0.25, -0.2) is 4.79 Å². The van der Waals surface area contributed by atoms with Crippen LogP contribution in [-0.2, 0) is 4.74 Å². The lowest BCUT2D eigenvalue weighted by molar-refractivity contribution is 0.0521. The maximum atomic E-state index is 11.2. The minimum absolute atomic E-state index is 0.101. The Morgan fingerprint density at radius 3 is 2.43 bits per heavy atom. The van der Waals surface area contributed by atoms with Crippen LogP contribution in [0.15, 0.2) is 5.16 Å². The molecule has 0 aromatic rings. The first kappa shape index (κ1) is 13.0. The molecule has 0 saturated carbocycles. The summed E-state index contributed by atoms with van der Waals surface area (Å²) in [7, 11) is 0. The van der Waals surface area contributed by atoms with Crippen molar-refractivity contribution in [3.63, 3.8) is 0 Å². The Balaban J connectivity index is 4.08. The van der Waals surface area contributed by atoms with E-state index in [9.17, 15) is 4.79 Å². The third-order valence-corrected chi connectivity index (χ3v) is 1.59. The highest BCUT2D eigenvalue weighted by atomic mass is 35.5. The molecule has 14 heavy (non-hydrogen) atoms. The number of nitrogens with zero attached hydrogens (tertiary/aromatic N) is 1. The van der Waals surface area contributed by atoms with Gasteiger partial charge >= 0.3 is 6.09 Å². The molecule has 0 heterocycles. The SMILES string of the molecule is C[C@H](NC(=O)OC(C)(C)C)/C(Cl)=N/O. The standard InChI is InChI=1S/C8H15ClN2O3/c1-5(6(9)11-13)10-7(12)14-8(2,3)4/h5,13H,1-4H3,(H,10,12)/b11-6-/t5-/m0/s1. The largest absolute Gasteiger partial charge is 0.444 e. The van der Waals surface area contributed by atoms with Gasteiger partial charge in [-0.2, -0.15) is 0 Å². The van der Waals surface area contributed by atoms with Crippen molar-refractivity contribution >= 4 is 22.9 Å². The minimum atomic E-state index is -0.605. The molecule has 0 rings (SSSR count). The summed E-state index contributed by atoms with van der Waals surface area (Å²) >= 11 is 5.46. The van der Waals surface area contributed by atoms with Crippen LogP contribution in [0.25, 0.3) is 0 Å². The summed E-state index contributed by atoms with van der Waals surface area (Å²) < 4.78 is 4.96. The molecule has 6 heteroatoms. The van der Waals surface area contributed by atoms with E-state index in [0.29, 0.717) is 0 Å². The van der Waals surface area contributed by atoms with Crippen LogP contribution in [0.3, 0.4) is 0 Å². The molecule has 0 aromatic carbocycles. The number of hydrogen-bond donors (Lipinski definition) is 2. The lowest BCUT2D eigenvalue weighted by atomic mass is 10.2. The van der Waals surface area contributed by atoms with E-state index in [1.807, 2.05) is 0 Å². The van der Waals surface area contributed by atoms with Crippen molar-refractivity contribution < 1.29 is 14.7 Å². The van der Waals surface area contributed by atoms with Crippen LogP contribution in [0.4, 0.5) is 4.79 Å². The predicted octanol–water partition coefficient (Wildman–Crippen LogP) is 1.93. The average Bonchev–Trinajstić information content (AvgIpc) is 1.99. The minimum Gasteiger partial charge on any atom is -0.444 e. The van der Waals surface area contributed by atoms with Crippen LogP contribution in [0.2, 0.25) is 0 Å². The number of carbonyl (C=O) groups excluding carboxylic acids is 1. The van der Waals surface area contributed by atoms with Crippen molar-refractivity contribution in [2.75, 3.05) is 0 Å². The van der Waals surface area contributed by atoms with Gasteiger partial charge in [-0.1, -0.05) is 16.8 Å². The molecule has 0 aliphatic rings. The van der Waals surface area contributed by atoms with Gasteiger partial charge in [-0.05, 0) is 27.7 Å². The molecule has 0 aliphatic carbocycles. The van der Waals surface area contributed by atoms with Crippen molar-refractivity contribution in [1.82, 2.24) is 5.32 Å². The van der Waals surface area contributed by atoms with Gasteiger partial charge in [0.25, 0.3) is 0 Å². The molecule has 82 valence electrons. The number of amides is 1.